The molecular formula is C15H11N3O. The summed E-state index contributed by atoms with van der Waals surface area (Å²) in [5.74, 6) is 3.54. The van der Waals surface area contributed by atoms with Gasteiger partial charge in [-0.25, -0.2) is 4.98 Å². The van der Waals surface area contributed by atoms with Crippen molar-refractivity contribution >= 4 is 11.7 Å². The molecule has 1 aliphatic rings. The first-order chi connectivity index (χ1) is 9.29. The third kappa shape index (κ3) is 1.91. The molecule has 4 heteroatoms. The highest BCUT2D eigenvalue weighted by molar-refractivity contribution is 6.03. The number of amides is 1. The lowest BCUT2D eigenvalue weighted by Crippen LogP contribution is -2.24. The molecule has 0 spiro atoms. The fourth-order valence-corrected chi connectivity index (χ4v) is 2.03. The SMILES string of the molecule is C#Cc1nc(N2CC=CC2=O)cn1-c1ccccc1. The van der Waals surface area contributed by atoms with E-state index in [1.54, 1.807) is 21.7 Å². The summed E-state index contributed by atoms with van der Waals surface area (Å²) >= 11 is 0. The van der Waals surface area contributed by atoms with Gasteiger partial charge in [0, 0.05) is 18.3 Å². The number of nitrogens with zero attached hydrogens (tertiary/aromatic N) is 3. The van der Waals surface area contributed by atoms with E-state index in [0.717, 1.165) is 5.69 Å². The predicted molar refractivity (Wildman–Crippen MR) is 73.0 cm³/mol. The highest BCUT2D eigenvalue weighted by atomic mass is 16.2. The van der Waals surface area contributed by atoms with Crippen molar-refractivity contribution in [3.05, 3.63) is 54.5 Å². The van der Waals surface area contributed by atoms with Crippen LogP contribution >= 0.6 is 0 Å². The minimum absolute atomic E-state index is 0.0683. The predicted octanol–water partition coefficient (Wildman–Crippen LogP) is 1.76. The first-order valence-corrected chi connectivity index (χ1v) is 5.89. The first kappa shape index (κ1) is 11.3. The Morgan fingerprint density at radius 3 is 2.68 bits per heavy atom. The van der Waals surface area contributed by atoms with Crippen molar-refractivity contribution in [1.82, 2.24) is 9.55 Å². The molecule has 0 radical (unpaired) electrons. The highest BCUT2D eigenvalue weighted by Gasteiger charge is 2.20. The number of carbonyl (C=O) groups is 1. The van der Waals surface area contributed by atoms with Crippen LogP contribution < -0.4 is 4.90 Å². The Morgan fingerprint density at radius 2 is 2.05 bits per heavy atom. The van der Waals surface area contributed by atoms with Crippen LogP contribution in [-0.4, -0.2) is 22.0 Å². The fraction of sp³-hybridized carbons (Fsp3) is 0.0667. The zero-order chi connectivity index (χ0) is 13.2. The Kier molecular flexibility index (Phi) is 2.66. The largest absolute Gasteiger partial charge is 0.291 e. The molecular weight excluding hydrogens is 238 g/mol. The third-order valence-electron chi connectivity index (χ3n) is 2.95. The van der Waals surface area contributed by atoms with E-state index in [4.69, 9.17) is 6.42 Å². The average molecular weight is 249 g/mol. The molecule has 92 valence electrons. The maximum absolute atomic E-state index is 11.7. The minimum atomic E-state index is -0.0683. The van der Waals surface area contributed by atoms with Crippen LogP contribution in [-0.2, 0) is 4.79 Å². The van der Waals surface area contributed by atoms with Crippen LogP contribution in [0.25, 0.3) is 5.69 Å². The zero-order valence-corrected chi connectivity index (χ0v) is 10.2. The average Bonchev–Trinajstić information content (AvgIpc) is 3.05. The van der Waals surface area contributed by atoms with Gasteiger partial charge in [-0.15, -0.1) is 6.42 Å². The van der Waals surface area contributed by atoms with Crippen LogP contribution in [0.2, 0.25) is 0 Å². The fourth-order valence-electron chi connectivity index (χ4n) is 2.03. The first-order valence-electron chi connectivity index (χ1n) is 5.89. The van der Waals surface area contributed by atoms with Crippen molar-refractivity contribution in [1.29, 1.82) is 0 Å². The summed E-state index contributed by atoms with van der Waals surface area (Å²) in [6.45, 7) is 0.536. The molecule has 0 aliphatic carbocycles. The van der Waals surface area contributed by atoms with Crippen molar-refractivity contribution in [2.45, 2.75) is 0 Å². The molecule has 19 heavy (non-hydrogen) atoms. The monoisotopic (exact) mass is 249 g/mol. The summed E-state index contributed by atoms with van der Waals surface area (Å²) in [6.07, 6.45) is 10.6. The normalized spacial score (nSPS) is 13.8. The summed E-state index contributed by atoms with van der Waals surface area (Å²) < 4.78 is 1.81. The molecule has 4 nitrogen and oxygen atoms in total. The molecule has 0 N–H and O–H groups in total. The molecule has 0 bridgehead atoms. The second kappa shape index (κ2) is 4.46. The molecule has 0 atom stereocenters. The van der Waals surface area contributed by atoms with E-state index in [1.807, 2.05) is 30.3 Å². The van der Waals surface area contributed by atoms with Crippen molar-refractivity contribution in [2.24, 2.45) is 0 Å². The van der Waals surface area contributed by atoms with Gasteiger partial charge in [0.2, 0.25) is 0 Å². The number of aromatic nitrogens is 2. The number of benzene rings is 1. The van der Waals surface area contributed by atoms with E-state index in [2.05, 4.69) is 10.9 Å². The Morgan fingerprint density at radius 1 is 1.26 bits per heavy atom. The topological polar surface area (TPSA) is 38.1 Å². The van der Waals surface area contributed by atoms with Gasteiger partial charge in [-0.3, -0.25) is 14.3 Å². The number of carbonyl (C=O) groups excluding carboxylic acids is 1. The summed E-state index contributed by atoms with van der Waals surface area (Å²) in [5.41, 5.74) is 0.925. The third-order valence-corrected chi connectivity index (χ3v) is 2.95. The molecule has 1 aromatic carbocycles. The molecule has 1 aliphatic heterocycles. The van der Waals surface area contributed by atoms with Gasteiger partial charge in [0.25, 0.3) is 5.91 Å². The molecule has 2 aromatic rings. The van der Waals surface area contributed by atoms with Crippen molar-refractivity contribution in [3.8, 4) is 18.0 Å². The van der Waals surface area contributed by atoms with E-state index < -0.39 is 0 Å². The smallest absolute Gasteiger partial charge is 0.252 e. The molecule has 0 fully saturated rings. The number of hydrogen-bond donors (Lipinski definition) is 0. The Labute approximate surface area is 111 Å². The second-order valence-corrected chi connectivity index (χ2v) is 4.12. The standard InChI is InChI=1S/C15H11N3O/c1-2-13-16-14(17-10-6-9-15(17)19)11-18(13)12-7-4-3-5-8-12/h1,3-9,11H,10H2. The van der Waals surface area contributed by atoms with E-state index in [1.165, 1.54) is 6.08 Å². The number of rotatable bonds is 2. The van der Waals surface area contributed by atoms with Crippen LogP contribution in [0.3, 0.4) is 0 Å². The van der Waals surface area contributed by atoms with Crippen molar-refractivity contribution in [3.63, 3.8) is 0 Å². The van der Waals surface area contributed by atoms with Crippen LogP contribution in [0.15, 0.2) is 48.7 Å². The maximum Gasteiger partial charge on any atom is 0.252 e. The lowest BCUT2D eigenvalue weighted by atomic mass is 10.3. The molecule has 3 rings (SSSR count). The summed E-state index contributed by atoms with van der Waals surface area (Å²) in [7, 11) is 0. The molecule has 0 saturated carbocycles. The summed E-state index contributed by atoms with van der Waals surface area (Å²) in [6, 6.07) is 9.67. The van der Waals surface area contributed by atoms with Gasteiger partial charge < -0.3 is 0 Å². The summed E-state index contributed by atoms with van der Waals surface area (Å²) in [5, 5.41) is 0. The summed E-state index contributed by atoms with van der Waals surface area (Å²) in [4.78, 5) is 17.6. The lowest BCUT2D eigenvalue weighted by molar-refractivity contribution is -0.113. The van der Waals surface area contributed by atoms with Crippen molar-refractivity contribution in [2.75, 3.05) is 11.4 Å². The number of para-hydroxylation sites is 1. The van der Waals surface area contributed by atoms with Crippen LogP contribution in [0.5, 0.6) is 0 Å². The number of hydrogen-bond acceptors (Lipinski definition) is 2. The Balaban J connectivity index is 2.05. The maximum atomic E-state index is 11.7. The molecule has 0 unspecified atom stereocenters. The Bertz CT molecular complexity index is 692. The van der Waals surface area contributed by atoms with Crippen molar-refractivity contribution < 1.29 is 4.79 Å². The van der Waals surface area contributed by atoms with E-state index in [-0.39, 0.29) is 5.91 Å². The lowest BCUT2D eigenvalue weighted by Gasteiger charge is -2.10. The van der Waals surface area contributed by atoms with E-state index in [0.29, 0.717) is 18.2 Å². The van der Waals surface area contributed by atoms with Gasteiger partial charge in [-0.05, 0) is 18.1 Å². The van der Waals surface area contributed by atoms with Crippen LogP contribution in [0.1, 0.15) is 5.82 Å². The minimum Gasteiger partial charge on any atom is -0.291 e. The van der Waals surface area contributed by atoms with E-state index in [9.17, 15) is 4.79 Å². The van der Waals surface area contributed by atoms with Gasteiger partial charge in [-0.1, -0.05) is 24.3 Å². The number of terminal acetylenes is 1. The second-order valence-electron chi connectivity index (χ2n) is 4.12. The van der Waals surface area contributed by atoms with Crippen LogP contribution in [0, 0.1) is 12.3 Å². The van der Waals surface area contributed by atoms with Crippen LogP contribution in [0.4, 0.5) is 5.82 Å². The highest BCUT2D eigenvalue weighted by Crippen LogP contribution is 2.20. The van der Waals surface area contributed by atoms with Gasteiger partial charge in [0.1, 0.15) is 0 Å². The molecule has 1 amide bonds. The number of imidazole rings is 1. The zero-order valence-electron chi connectivity index (χ0n) is 10.2. The Hall–Kier alpha value is -2.80. The molecule has 0 saturated heterocycles. The number of anilines is 1. The molecule has 1 aromatic heterocycles. The van der Waals surface area contributed by atoms with E-state index >= 15 is 0 Å². The quantitative estimate of drug-likeness (QED) is 0.761. The van der Waals surface area contributed by atoms with Gasteiger partial charge in [0.15, 0.2) is 11.6 Å². The van der Waals surface area contributed by atoms with Gasteiger partial charge in [-0.2, -0.15) is 0 Å². The van der Waals surface area contributed by atoms with Gasteiger partial charge in [0.05, 0.1) is 6.20 Å². The molecule has 2 heterocycles. The van der Waals surface area contributed by atoms with Gasteiger partial charge >= 0.3 is 0 Å².